The van der Waals surface area contributed by atoms with Crippen molar-refractivity contribution in [2.45, 2.75) is 52.4 Å². The van der Waals surface area contributed by atoms with Gasteiger partial charge in [0.05, 0.1) is 5.69 Å². The van der Waals surface area contributed by atoms with Gasteiger partial charge in [0.25, 0.3) is 0 Å². The van der Waals surface area contributed by atoms with Gasteiger partial charge in [0, 0.05) is 22.7 Å². The van der Waals surface area contributed by atoms with Crippen LogP contribution in [0.15, 0.2) is 66.9 Å². The molecule has 3 aromatic carbocycles. The van der Waals surface area contributed by atoms with Crippen LogP contribution in [0.4, 0.5) is 0 Å². The Morgan fingerprint density at radius 3 is 1.94 bits per heavy atom. The fraction of sp³-hybridized carbons (Fsp3) is 0.258. The molecule has 3 heteroatoms. The fourth-order valence-electron chi connectivity index (χ4n) is 5.08. The molecule has 1 aliphatic rings. The Kier molecular flexibility index (Phi) is 10.5. The van der Waals surface area contributed by atoms with E-state index in [2.05, 4.69) is 97.2 Å². The van der Waals surface area contributed by atoms with Gasteiger partial charge in [-0.25, -0.2) is 0 Å². The van der Waals surface area contributed by atoms with Crippen molar-refractivity contribution in [2.24, 2.45) is 0 Å². The molecule has 1 aromatic heterocycles. The minimum absolute atomic E-state index is 0. The first-order valence-corrected chi connectivity index (χ1v) is 14.3. The Morgan fingerprint density at radius 1 is 0.706 bits per heavy atom. The van der Waals surface area contributed by atoms with Gasteiger partial charge < -0.3 is 14.9 Å². The molecule has 1 aliphatic carbocycles. The van der Waals surface area contributed by atoms with Gasteiger partial charge in [-0.2, -0.15) is 0 Å². The van der Waals surface area contributed by atoms with Crippen molar-refractivity contribution in [1.82, 2.24) is 4.98 Å². The second kappa shape index (κ2) is 12.6. The molecular weight excluding hydrogens is 614 g/mol. The Bertz CT molecular complexity index is 1200. The molecule has 0 unspecified atom stereocenters. The van der Waals surface area contributed by atoms with E-state index in [1.54, 1.807) is 0 Å². The summed E-state index contributed by atoms with van der Waals surface area (Å²) in [4.78, 5) is 4.99. The maximum atomic E-state index is 4.99. The Balaban J connectivity index is 0.000000995. The van der Waals surface area contributed by atoms with Gasteiger partial charge in [-0.1, -0.05) is 78.1 Å². The summed E-state index contributed by atoms with van der Waals surface area (Å²) >= 11 is 1.47. The van der Waals surface area contributed by atoms with Gasteiger partial charge in [-0.3, -0.25) is 4.98 Å². The number of benzene rings is 3. The molecule has 0 saturated heterocycles. The van der Waals surface area contributed by atoms with Gasteiger partial charge in [-0.05, 0) is 68.2 Å². The first-order valence-electron chi connectivity index (χ1n) is 11.3. The Labute approximate surface area is 221 Å². The van der Waals surface area contributed by atoms with E-state index in [9.17, 15) is 0 Å². The summed E-state index contributed by atoms with van der Waals surface area (Å²) in [6.07, 6.45) is 7.44. The van der Waals surface area contributed by atoms with E-state index in [0.717, 1.165) is 5.69 Å². The molecule has 1 heterocycles. The molecule has 0 amide bonds. The van der Waals surface area contributed by atoms with Gasteiger partial charge in [0.15, 0.2) is 0 Å². The van der Waals surface area contributed by atoms with Gasteiger partial charge in [0.1, 0.15) is 0 Å². The summed E-state index contributed by atoms with van der Waals surface area (Å²) in [5, 5.41) is 2.58. The molecule has 4 aromatic rings. The second-order valence-corrected chi connectivity index (χ2v) is 9.05. The van der Waals surface area contributed by atoms with Crippen LogP contribution < -0.4 is 0 Å². The molecule has 1 nitrogen and oxygen atoms in total. The van der Waals surface area contributed by atoms with Gasteiger partial charge in [-0.15, -0.1) is 0 Å². The fourth-order valence-corrected chi connectivity index (χ4v) is 5.08. The number of hydrogen-bond donors (Lipinski definition) is 0. The van der Waals surface area contributed by atoms with Crippen LogP contribution >= 0.6 is 9.58 Å². The van der Waals surface area contributed by atoms with E-state index >= 15 is 0 Å². The van der Waals surface area contributed by atoms with E-state index in [0.29, 0.717) is 5.92 Å². The molecule has 0 atom stereocenters. The average molecular weight is 649 g/mol. The number of hydrogen-bond acceptors (Lipinski definition) is 1. The molecule has 0 aliphatic heterocycles. The molecule has 0 spiro atoms. The molecule has 0 bridgehead atoms. The zero-order valence-electron chi connectivity index (χ0n) is 20.9. The predicted molar refractivity (Wildman–Crippen MR) is 147 cm³/mol. The molecule has 1 saturated carbocycles. The summed E-state index contributed by atoms with van der Waals surface area (Å²) in [6, 6.07) is 22.7. The number of rotatable bonds is 3. The number of pyridine rings is 1. The summed E-state index contributed by atoms with van der Waals surface area (Å²) in [5.41, 5.74) is 10.1. The molecule has 0 radical (unpaired) electrons. The van der Waals surface area contributed by atoms with Crippen LogP contribution in [-0.2, 0) is 17.9 Å². The zero-order valence-corrected chi connectivity index (χ0v) is 24.1. The Hall–Kier alpha value is -1.99. The third-order valence-corrected chi connectivity index (χ3v) is 6.60. The van der Waals surface area contributed by atoms with Crippen LogP contribution in [0.1, 0.15) is 53.9 Å². The molecule has 34 heavy (non-hydrogen) atoms. The van der Waals surface area contributed by atoms with Crippen LogP contribution in [-0.4, -0.2) is 4.98 Å². The first-order chi connectivity index (χ1) is 15.6. The average Bonchev–Trinajstić information content (AvgIpc) is 3.34. The standard InChI is InChI=1S/C29H29N.2CH3.ClH.Ir/c1-19-8-10-23(11-9-19)28-18-30-29(25-15-20(2)14-21(3)16-25)26-13-12-24(17-27(26)28)22-6-4-5-7-22;;;;/h8-18,22H,4-7H2,1-3H3;2*1H3;1H;/q;2*-1;;+3/p-1. The molecule has 180 valence electrons. The summed E-state index contributed by atoms with van der Waals surface area (Å²) < 4.78 is 0. The van der Waals surface area contributed by atoms with Crippen molar-refractivity contribution in [3.63, 3.8) is 0 Å². The molecule has 0 N–H and O–H groups in total. The second-order valence-electron chi connectivity index (χ2n) is 9.05. The van der Waals surface area contributed by atoms with Crippen molar-refractivity contribution < 1.29 is 17.9 Å². The predicted octanol–water partition coefficient (Wildman–Crippen LogP) is 9.74. The van der Waals surface area contributed by atoms with Crippen LogP contribution in [0.3, 0.4) is 0 Å². The number of aromatic nitrogens is 1. The third-order valence-electron chi connectivity index (χ3n) is 6.60. The van der Waals surface area contributed by atoms with E-state index < -0.39 is 0 Å². The van der Waals surface area contributed by atoms with Gasteiger partial charge in [0.2, 0.25) is 0 Å². The summed E-state index contributed by atoms with van der Waals surface area (Å²) in [6.45, 7) is 6.47. The quantitative estimate of drug-likeness (QED) is 0.202. The van der Waals surface area contributed by atoms with Gasteiger partial charge >= 0.3 is 27.5 Å². The minimum atomic E-state index is 0. The van der Waals surface area contributed by atoms with Crippen LogP contribution in [0.25, 0.3) is 33.2 Å². The van der Waals surface area contributed by atoms with Crippen molar-refractivity contribution in [3.05, 3.63) is 104 Å². The first kappa shape index (κ1) is 28.2. The van der Waals surface area contributed by atoms with E-state index in [-0.39, 0.29) is 14.9 Å². The number of nitrogens with zero attached hydrogens (tertiary/aromatic N) is 1. The van der Waals surface area contributed by atoms with Crippen molar-refractivity contribution in [2.75, 3.05) is 0 Å². The van der Waals surface area contributed by atoms with Crippen molar-refractivity contribution in [1.29, 1.82) is 0 Å². The monoisotopic (exact) mass is 649 g/mol. The Morgan fingerprint density at radius 2 is 1.32 bits per heavy atom. The third kappa shape index (κ3) is 5.98. The van der Waals surface area contributed by atoms with E-state index in [1.165, 1.54) is 93.3 Å². The molecular formula is C31H35ClIrN. The maximum absolute atomic E-state index is 4.99. The number of fused-ring (bicyclic) bond motifs is 1. The van der Waals surface area contributed by atoms with Crippen LogP contribution in [0, 0.1) is 35.6 Å². The number of halogens is 1. The summed E-state index contributed by atoms with van der Waals surface area (Å²) in [5.74, 6) is 0.707. The normalized spacial score (nSPS) is 13.0. The zero-order chi connectivity index (χ0) is 22.7. The topological polar surface area (TPSA) is 12.9 Å². The number of aryl methyl sites for hydroxylation is 3. The molecule has 5 rings (SSSR count). The summed E-state index contributed by atoms with van der Waals surface area (Å²) in [7, 11) is 4.64. The van der Waals surface area contributed by atoms with E-state index in [4.69, 9.17) is 4.98 Å². The van der Waals surface area contributed by atoms with Crippen molar-refractivity contribution in [3.8, 4) is 22.4 Å². The SMILES string of the molecule is Cc1ccc(-c2cnc(-c3cc(C)cc(C)c3)c3ccc(C4CCCC4)cc23)cc1.[CH3-].[CH3-].[Cl][Ir+2]. The van der Waals surface area contributed by atoms with Crippen LogP contribution in [0.5, 0.6) is 0 Å². The van der Waals surface area contributed by atoms with Crippen LogP contribution in [0.2, 0.25) is 0 Å². The van der Waals surface area contributed by atoms with Crippen molar-refractivity contribution >= 4 is 20.4 Å². The molecule has 1 fully saturated rings. The van der Waals surface area contributed by atoms with E-state index in [1.807, 2.05) is 0 Å².